The fourth-order valence-electron chi connectivity index (χ4n) is 2.06. The number of hydrogen-bond acceptors (Lipinski definition) is 4. The van der Waals surface area contributed by atoms with Crippen molar-refractivity contribution >= 4 is 10.0 Å². The van der Waals surface area contributed by atoms with Crippen molar-refractivity contribution in [2.75, 3.05) is 13.1 Å². The molecule has 0 aliphatic heterocycles. The highest BCUT2D eigenvalue weighted by atomic mass is 32.2. The van der Waals surface area contributed by atoms with Crippen LogP contribution in [0.1, 0.15) is 32.3 Å². The van der Waals surface area contributed by atoms with E-state index in [4.69, 9.17) is 0 Å². The van der Waals surface area contributed by atoms with Crippen molar-refractivity contribution in [3.8, 4) is 0 Å². The Balaban J connectivity index is 1.99. The van der Waals surface area contributed by atoms with Gasteiger partial charge in [-0.15, -0.1) is 0 Å². The summed E-state index contributed by atoms with van der Waals surface area (Å²) >= 11 is 0. The Morgan fingerprint density at radius 1 is 1.53 bits per heavy atom. The maximum Gasteiger partial charge on any atom is 0.257 e. The van der Waals surface area contributed by atoms with Gasteiger partial charge in [-0.2, -0.15) is 5.10 Å². The Hall–Kier alpha value is -0.920. The quantitative estimate of drug-likeness (QED) is 0.661. The topological polar surface area (TPSA) is 86.9 Å². The summed E-state index contributed by atoms with van der Waals surface area (Å²) in [5.74, 6) is 1.08. The zero-order chi connectivity index (χ0) is 13.9. The second kappa shape index (κ2) is 6.02. The molecule has 19 heavy (non-hydrogen) atoms. The van der Waals surface area contributed by atoms with Crippen LogP contribution in [0.2, 0.25) is 0 Å². The van der Waals surface area contributed by atoms with Gasteiger partial charge in [-0.25, -0.2) is 13.1 Å². The molecule has 0 saturated heterocycles. The van der Waals surface area contributed by atoms with E-state index < -0.39 is 10.0 Å². The molecule has 0 radical (unpaired) electrons. The molecule has 3 N–H and O–H groups in total. The molecule has 0 amide bonds. The van der Waals surface area contributed by atoms with E-state index in [2.05, 4.69) is 27.2 Å². The monoisotopic (exact) mass is 286 g/mol. The highest BCUT2D eigenvalue weighted by Gasteiger charge is 2.29. The van der Waals surface area contributed by atoms with Gasteiger partial charge in [-0.05, 0) is 31.2 Å². The van der Waals surface area contributed by atoms with Crippen molar-refractivity contribution in [2.24, 2.45) is 11.8 Å². The predicted octanol–water partition coefficient (Wildman–Crippen LogP) is 0.844. The van der Waals surface area contributed by atoms with Gasteiger partial charge < -0.3 is 5.32 Å². The molecule has 1 fully saturated rings. The van der Waals surface area contributed by atoms with Crippen LogP contribution in [0.3, 0.4) is 0 Å². The van der Waals surface area contributed by atoms with Crippen LogP contribution in [0.5, 0.6) is 0 Å². The summed E-state index contributed by atoms with van der Waals surface area (Å²) in [5, 5.41) is 9.70. The summed E-state index contributed by atoms with van der Waals surface area (Å²) in [6.45, 7) is 5.85. The van der Waals surface area contributed by atoms with Crippen molar-refractivity contribution in [3.63, 3.8) is 0 Å². The van der Waals surface area contributed by atoms with Gasteiger partial charge in [0.2, 0.25) is 0 Å². The number of nitrogens with zero attached hydrogens (tertiary/aromatic N) is 1. The molecule has 7 heteroatoms. The van der Waals surface area contributed by atoms with Gasteiger partial charge in [0, 0.05) is 18.7 Å². The number of aromatic nitrogens is 2. The molecule has 1 heterocycles. The van der Waals surface area contributed by atoms with E-state index >= 15 is 0 Å². The van der Waals surface area contributed by atoms with E-state index in [1.165, 1.54) is 12.8 Å². The average molecular weight is 286 g/mol. The summed E-state index contributed by atoms with van der Waals surface area (Å²) in [6, 6.07) is 0. The lowest BCUT2D eigenvalue weighted by molar-refractivity contribution is 0.490. The van der Waals surface area contributed by atoms with Gasteiger partial charge >= 0.3 is 0 Å². The average Bonchev–Trinajstić information content (AvgIpc) is 3.12. The third-order valence-corrected chi connectivity index (χ3v) is 4.97. The molecule has 0 spiro atoms. The fraction of sp³-hybridized carbons (Fsp3) is 0.750. The van der Waals surface area contributed by atoms with E-state index in [0.29, 0.717) is 30.5 Å². The molecule has 1 aliphatic carbocycles. The first-order valence-electron chi connectivity index (χ1n) is 6.77. The lowest BCUT2D eigenvalue weighted by atomic mass is 10.1. The first-order chi connectivity index (χ1) is 9.04. The number of aromatic amines is 1. The number of nitrogens with one attached hydrogen (secondary N) is 3. The minimum Gasteiger partial charge on any atom is -0.313 e. The van der Waals surface area contributed by atoms with Crippen LogP contribution in [-0.2, 0) is 16.6 Å². The molecule has 1 saturated carbocycles. The van der Waals surface area contributed by atoms with Gasteiger partial charge in [0.05, 0.1) is 6.20 Å². The highest BCUT2D eigenvalue weighted by Crippen LogP contribution is 2.36. The van der Waals surface area contributed by atoms with Gasteiger partial charge in [0.1, 0.15) is 0 Å². The van der Waals surface area contributed by atoms with Gasteiger partial charge in [0.15, 0.2) is 5.03 Å². The molecule has 0 aromatic carbocycles. The predicted molar refractivity (Wildman–Crippen MR) is 73.0 cm³/mol. The normalized spacial score (nSPS) is 17.6. The molecular formula is C12H22N4O2S. The van der Waals surface area contributed by atoms with E-state index in [-0.39, 0.29) is 5.03 Å². The molecule has 1 atom stereocenters. The Morgan fingerprint density at radius 3 is 2.89 bits per heavy atom. The Labute approximate surface area is 114 Å². The van der Waals surface area contributed by atoms with Crippen LogP contribution in [0.15, 0.2) is 11.2 Å². The van der Waals surface area contributed by atoms with Crippen molar-refractivity contribution < 1.29 is 8.42 Å². The van der Waals surface area contributed by atoms with Crippen LogP contribution in [0.4, 0.5) is 0 Å². The van der Waals surface area contributed by atoms with Crippen LogP contribution < -0.4 is 10.0 Å². The van der Waals surface area contributed by atoms with Crippen LogP contribution in [0.25, 0.3) is 0 Å². The third-order valence-electron chi connectivity index (χ3n) is 3.53. The number of sulfonamides is 1. The maximum absolute atomic E-state index is 12.2. The van der Waals surface area contributed by atoms with Crippen molar-refractivity contribution in [2.45, 2.75) is 38.3 Å². The second-order valence-corrected chi connectivity index (χ2v) is 6.88. The Morgan fingerprint density at radius 2 is 2.26 bits per heavy atom. The maximum atomic E-state index is 12.2. The molecule has 6 nitrogen and oxygen atoms in total. The molecule has 1 aromatic rings. The lowest BCUT2D eigenvalue weighted by Crippen LogP contribution is -2.30. The van der Waals surface area contributed by atoms with E-state index in [1.54, 1.807) is 6.20 Å². The first kappa shape index (κ1) is 14.5. The van der Waals surface area contributed by atoms with E-state index in [9.17, 15) is 8.42 Å². The van der Waals surface area contributed by atoms with E-state index in [0.717, 1.165) is 6.54 Å². The summed E-state index contributed by atoms with van der Waals surface area (Å²) < 4.78 is 27.1. The van der Waals surface area contributed by atoms with Crippen LogP contribution in [0, 0.1) is 11.8 Å². The molecule has 1 aromatic heterocycles. The number of H-pyrrole nitrogens is 1. The van der Waals surface area contributed by atoms with Crippen molar-refractivity contribution in [1.29, 1.82) is 0 Å². The Kier molecular flexibility index (Phi) is 4.59. The molecular weight excluding hydrogens is 264 g/mol. The standard InChI is InChI=1S/C12H22N4O2S/c1-3-13-7-11-8-14-16-12(11)19(17,18)15-6-9(2)10-4-5-10/h8-10,13,15H,3-7H2,1-2H3,(H,14,16). The summed E-state index contributed by atoms with van der Waals surface area (Å²) in [5.41, 5.74) is 0.674. The zero-order valence-electron chi connectivity index (χ0n) is 11.4. The minimum absolute atomic E-state index is 0.177. The molecule has 2 rings (SSSR count). The molecule has 0 bridgehead atoms. The number of rotatable bonds is 8. The summed E-state index contributed by atoms with van der Waals surface area (Å²) in [7, 11) is -3.49. The largest absolute Gasteiger partial charge is 0.313 e. The lowest BCUT2D eigenvalue weighted by Gasteiger charge is -2.12. The summed E-state index contributed by atoms with van der Waals surface area (Å²) in [6.07, 6.45) is 4.00. The minimum atomic E-state index is -3.49. The van der Waals surface area contributed by atoms with Crippen LogP contribution >= 0.6 is 0 Å². The Bertz CT molecular complexity index is 508. The number of hydrogen-bond donors (Lipinski definition) is 3. The highest BCUT2D eigenvalue weighted by molar-refractivity contribution is 7.89. The fourth-order valence-corrected chi connectivity index (χ4v) is 3.33. The van der Waals surface area contributed by atoms with Crippen molar-refractivity contribution in [3.05, 3.63) is 11.8 Å². The SMILES string of the molecule is CCNCc1cn[nH]c1S(=O)(=O)NCC(C)C1CC1. The smallest absolute Gasteiger partial charge is 0.257 e. The summed E-state index contributed by atoms with van der Waals surface area (Å²) in [4.78, 5) is 0. The van der Waals surface area contributed by atoms with Crippen LogP contribution in [-0.4, -0.2) is 31.7 Å². The molecule has 1 aliphatic rings. The van der Waals surface area contributed by atoms with Crippen molar-refractivity contribution in [1.82, 2.24) is 20.2 Å². The zero-order valence-corrected chi connectivity index (χ0v) is 12.3. The molecule has 1 unspecified atom stereocenters. The van der Waals surface area contributed by atoms with E-state index in [1.807, 2.05) is 6.92 Å². The molecule has 108 valence electrons. The van der Waals surface area contributed by atoms with Gasteiger partial charge in [-0.1, -0.05) is 13.8 Å². The van der Waals surface area contributed by atoms with Gasteiger partial charge in [0.25, 0.3) is 10.0 Å². The second-order valence-electron chi connectivity index (χ2n) is 5.17. The third kappa shape index (κ3) is 3.77. The van der Waals surface area contributed by atoms with Gasteiger partial charge in [-0.3, -0.25) is 5.10 Å². The first-order valence-corrected chi connectivity index (χ1v) is 8.25.